The van der Waals surface area contributed by atoms with Crippen molar-refractivity contribution < 1.29 is 19.8 Å². The number of H-pyrrole nitrogens is 2. The van der Waals surface area contributed by atoms with E-state index in [0.29, 0.717) is 6.42 Å². The minimum absolute atomic E-state index is 0.182. The van der Waals surface area contributed by atoms with Crippen LogP contribution in [0.15, 0.2) is 79.6 Å². The maximum absolute atomic E-state index is 10.4. The van der Waals surface area contributed by atoms with Crippen LogP contribution in [0.2, 0.25) is 0 Å². The third kappa shape index (κ3) is 6.17. The van der Waals surface area contributed by atoms with Crippen molar-refractivity contribution in [2.45, 2.75) is 12.8 Å². The number of para-hydroxylation sites is 2. The maximum Gasteiger partial charge on any atom is 0.327 e. The molecule has 0 bridgehead atoms. The fraction of sp³-hybridized carbons (Fsp3) is 0.0909. The second-order valence-corrected chi connectivity index (χ2v) is 5.86. The number of aromatic amines is 2. The predicted octanol–water partition coefficient (Wildman–Crippen LogP) is 4.61. The third-order valence-corrected chi connectivity index (χ3v) is 3.92. The second-order valence-electron chi connectivity index (χ2n) is 5.86. The molecule has 0 unspecified atom stereocenters. The highest BCUT2D eigenvalue weighted by Crippen LogP contribution is 2.18. The van der Waals surface area contributed by atoms with Gasteiger partial charge in [0.2, 0.25) is 0 Å². The fourth-order valence-corrected chi connectivity index (χ4v) is 2.58. The van der Waals surface area contributed by atoms with Crippen LogP contribution in [0.4, 0.5) is 0 Å². The Kier molecular flexibility index (Phi) is 7.60. The van der Waals surface area contributed by atoms with E-state index in [4.69, 9.17) is 10.2 Å². The Labute approximate surface area is 162 Å². The van der Waals surface area contributed by atoms with Crippen LogP contribution in [0.3, 0.4) is 0 Å². The zero-order valence-electron chi connectivity index (χ0n) is 15.3. The molecule has 0 saturated carbocycles. The number of carbonyl (C=O) groups is 2. The Hall–Kier alpha value is -3.80. The molecule has 2 aromatic carbocycles. The molecule has 0 aliphatic carbocycles. The van der Waals surface area contributed by atoms with Crippen LogP contribution in [0, 0.1) is 0 Å². The lowest BCUT2D eigenvalue weighted by Crippen LogP contribution is -1.96. The highest BCUT2D eigenvalue weighted by atomic mass is 16.4. The molecule has 4 N–H and O–H groups in total. The van der Waals surface area contributed by atoms with E-state index in [1.54, 1.807) is 0 Å². The van der Waals surface area contributed by atoms with Gasteiger partial charge in [0.1, 0.15) is 0 Å². The number of carboxylic acids is 2. The Balaban J connectivity index is 0.000000171. The summed E-state index contributed by atoms with van der Waals surface area (Å²) in [4.78, 5) is 25.9. The molecule has 0 atom stereocenters. The molecule has 28 heavy (non-hydrogen) atoms. The van der Waals surface area contributed by atoms with E-state index in [1.165, 1.54) is 10.9 Å². The van der Waals surface area contributed by atoms with Gasteiger partial charge in [-0.25, -0.2) is 4.79 Å². The number of fused-ring (bicyclic) bond motifs is 2. The first-order valence-corrected chi connectivity index (χ1v) is 8.65. The van der Waals surface area contributed by atoms with E-state index in [0.717, 1.165) is 22.5 Å². The first kappa shape index (κ1) is 20.5. The molecule has 6 nitrogen and oxygen atoms in total. The van der Waals surface area contributed by atoms with E-state index in [2.05, 4.69) is 34.7 Å². The molecule has 4 rings (SSSR count). The lowest BCUT2D eigenvalue weighted by Gasteiger charge is -1.95. The number of carboxylic acid groups (broad SMARTS) is 2. The first-order chi connectivity index (χ1) is 13.5. The molecular formula is C22H22N2O4. The van der Waals surface area contributed by atoms with E-state index < -0.39 is 11.9 Å². The van der Waals surface area contributed by atoms with Crippen molar-refractivity contribution in [3.8, 4) is 0 Å². The highest BCUT2D eigenvalue weighted by molar-refractivity contribution is 5.83. The average Bonchev–Trinajstić information content (AvgIpc) is 3.34. The first-order valence-electron chi connectivity index (χ1n) is 8.65. The van der Waals surface area contributed by atoms with E-state index >= 15 is 0 Å². The van der Waals surface area contributed by atoms with Crippen LogP contribution in [-0.2, 0) is 16.0 Å². The number of hydrogen-bond acceptors (Lipinski definition) is 2. The molecule has 0 fully saturated rings. The van der Waals surface area contributed by atoms with Crippen molar-refractivity contribution in [3.05, 3.63) is 85.2 Å². The average molecular weight is 378 g/mol. The van der Waals surface area contributed by atoms with Gasteiger partial charge in [0.05, 0.1) is 0 Å². The van der Waals surface area contributed by atoms with Crippen LogP contribution < -0.4 is 0 Å². The summed E-state index contributed by atoms with van der Waals surface area (Å²) in [7, 11) is 0. The van der Waals surface area contributed by atoms with Gasteiger partial charge >= 0.3 is 11.9 Å². The highest BCUT2D eigenvalue weighted by Gasteiger charge is 2.04. The van der Waals surface area contributed by atoms with Crippen LogP contribution in [0.25, 0.3) is 21.8 Å². The van der Waals surface area contributed by atoms with Gasteiger partial charge in [-0.15, -0.1) is 0 Å². The molecular weight excluding hydrogens is 356 g/mol. The molecule has 4 aromatic rings. The van der Waals surface area contributed by atoms with Crippen LogP contribution >= 0.6 is 0 Å². The van der Waals surface area contributed by atoms with Crippen molar-refractivity contribution in [2.24, 2.45) is 0 Å². The molecule has 0 saturated heterocycles. The van der Waals surface area contributed by atoms with Crippen LogP contribution in [0.5, 0.6) is 0 Å². The maximum atomic E-state index is 10.4. The Morgan fingerprint density at radius 1 is 0.929 bits per heavy atom. The Morgan fingerprint density at radius 2 is 1.57 bits per heavy atom. The summed E-state index contributed by atoms with van der Waals surface area (Å²) >= 11 is 0. The standard InChI is InChI=1S/C11H11NO2.C8H7N.C3H4O2/c13-11(14)6-5-8-7-12-10-4-2-1-3-9(8)10;1-2-4-8-7(3-1)5-6-9-8;1-2-3(4)5/h1-4,7,12H,5-6H2,(H,13,14);1-6,9H;2H,1H2,(H,4,5). The molecule has 2 aromatic heterocycles. The van der Waals surface area contributed by atoms with E-state index in [9.17, 15) is 9.59 Å². The number of benzene rings is 2. The smallest absolute Gasteiger partial charge is 0.327 e. The number of rotatable bonds is 4. The summed E-state index contributed by atoms with van der Waals surface area (Å²) < 4.78 is 0. The SMILES string of the molecule is C=CC(=O)O.O=C(O)CCc1c[nH]c2ccccc12.c1ccc2[nH]ccc2c1. The minimum atomic E-state index is -0.981. The lowest BCUT2D eigenvalue weighted by molar-refractivity contribution is -0.137. The largest absolute Gasteiger partial charge is 0.481 e. The van der Waals surface area contributed by atoms with Gasteiger partial charge in [0.15, 0.2) is 0 Å². The molecule has 2 heterocycles. The predicted molar refractivity (Wildman–Crippen MR) is 110 cm³/mol. The fourth-order valence-electron chi connectivity index (χ4n) is 2.58. The molecule has 0 amide bonds. The molecule has 0 aliphatic heterocycles. The topological polar surface area (TPSA) is 106 Å². The van der Waals surface area contributed by atoms with Crippen molar-refractivity contribution >= 4 is 33.7 Å². The summed E-state index contributed by atoms with van der Waals surface area (Å²) in [6.07, 6.45) is 5.43. The molecule has 6 heteroatoms. The van der Waals surface area contributed by atoms with Crippen molar-refractivity contribution in [3.63, 3.8) is 0 Å². The Morgan fingerprint density at radius 3 is 2.21 bits per heavy atom. The van der Waals surface area contributed by atoms with Gasteiger partial charge in [-0.2, -0.15) is 0 Å². The quantitative estimate of drug-likeness (QED) is 0.389. The van der Waals surface area contributed by atoms with Crippen molar-refractivity contribution in [1.29, 1.82) is 0 Å². The summed E-state index contributed by atoms with van der Waals surface area (Å²) in [5.41, 5.74) is 3.34. The van der Waals surface area contributed by atoms with Crippen LogP contribution in [0.1, 0.15) is 12.0 Å². The van der Waals surface area contributed by atoms with E-state index in [-0.39, 0.29) is 6.42 Å². The van der Waals surface area contributed by atoms with Gasteiger partial charge in [-0.1, -0.05) is 43.0 Å². The molecule has 0 aliphatic rings. The Bertz CT molecular complexity index is 1030. The van der Waals surface area contributed by atoms with Gasteiger partial charge in [-0.05, 0) is 35.6 Å². The van der Waals surface area contributed by atoms with Gasteiger partial charge < -0.3 is 20.2 Å². The second kappa shape index (κ2) is 10.4. The minimum Gasteiger partial charge on any atom is -0.481 e. The normalized spacial score (nSPS) is 9.71. The number of aromatic nitrogens is 2. The molecule has 0 radical (unpaired) electrons. The summed E-state index contributed by atoms with van der Waals surface area (Å²) in [5, 5.41) is 18.6. The van der Waals surface area contributed by atoms with Crippen LogP contribution in [-0.4, -0.2) is 32.1 Å². The zero-order valence-corrected chi connectivity index (χ0v) is 15.3. The number of nitrogens with one attached hydrogen (secondary N) is 2. The number of aryl methyl sites for hydroxylation is 1. The molecule has 144 valence electrons. The lowest BCUT2D eigenvalue weighted by atomic mass is 10.1. The molecule has 0 spiro atoms. The van der Waals surface area contributed by atoms with Crippen molar-refractivity contribution in [2.75, 3.05) is 0 Å². The zero-order chi connectivity index (χ0) is 20.4. The van der Waals surface area contributed by atoms with E-state index in [1.807, 2.05) is 48.8 Å². The van der Waals surface area contributed by atoms with Gasteiger partial charge in [0.25, 0.3) is 0 Å². The van der Waals surface area contributed by atoms with Gasteiger partial charge in [0, 0.05) is 41.3 Å². The summed E-state index contributed by atoms with van der Waals surface area (Å²) in [5.74, 6) is -1.74. The number of aliphatic carboxylic acids is 2. The summed E-state index contributed by atoms with van der Waals surface area (Å²) in [6.45, 7) is 2.96. The monoisotopic (exact) mass is 378 g/mol. The summed E-state index contributed by atoms with van der Waals surface area (Å²) in [6, 6.07) is 18.2. The third-order valence-electron chi connectivity index (χ3n) is 3.92. The van der Waals surface area contributed by atoms with Gasteiger partial charge in [-0.3, -0.25) is 4.79 Å². The number of hydrogen-bond donors (Lipinski definition) is 4. The van der Waals surface area contributed by atoms with Crippen molar-refractivity contribution in [1.82, 2.24) is 9.97 Å².